The lowest BCUT2D eigenvalue weighted by Crippen LogP contribution is -2.12. The van der Waals surface area contributed by atoms with Gasteiger partial charge in [0, 0.05) is 0 Å². The van der Waals surface area contributed by atoms with Gasteiger partial charge in [-0.25, -0.2) is 0 Å². The fourth-order valence-electron chi connectivity index (χ4n) is 1.90. The Kier molecular flexibility index (Phi) is 3.80. The molecule has 0 aliphatic carbocycles. The van der Waals surface area contributed by atoms with Crippen molar-refractivity contribution in [2.45, 2.75) is 45.3 Å². The topological polar surface area (TPSA) is 0 Å². The van der Waals surface area contributed by atoms with Crippen LogP contribution in [0.25, 0.3) is 0 Å². The third-order valence-corrected chi connectivity index (χ3v) is 2.68. The lowest BCUT2D eigenvalue weighted by molar-refractivity contribution is 0.546. The van der Waals surface area contributed by atoms with Gasteiger partial charge in [0.1, 0.15) is 0 Å². The maximum absolute atomic E-state index is 6.23. The van der Waals surface area contributed by atoms with Crippen molar-refractivity contribution in [2.24, 2.45) is 0 Å². The van der Waals surface area contributed by atoms with Crippen LogP contribution in [-0.2, 0) is 6.42 Å². The Morgan fingerprint density at radius 3 is 2.50 bits per heavy atom. The normalized spacial score (nSPS) is 15.1. The molecule has 0 spiro atoms. The van der Waals surface area contributed by atoms with Gasteiger partial charge in [-0.1, -0.05) is 56.3 Å². The average Bonchev–Trinajstić information content (AvgIpc) is 2.08. The van der Waals surface area contributed by atoms with Crippen LogP contribution in [0.3, 0.4) is 0 Å². The molecule has 1 unspecified atom stereocenters. The molecule has 0 aliphatic heterocycles. The van der Waals surface area contributed by atoms with E-state index in [1.165, 1.54) is 11.1 Å². The standard InChI is InChI=1S/C13H19B/c1-4-9-13(3,14)10-12-8-6-5-7-11(12)2/h5-8H,4,9-10H2,1-3H3. The summed E-state index contributed by atoms with van der Waals surface area (Å²) >= 11 is 0. The molecular weight excluding hydrogens is 167 g/mol. The molecule has 0 saturated heterocycles. The first kappa shape index (κ1) is 11.4. The highest BCUT2D eigenvalue weighted by Gasteiger charge is 2.17. The number of aryl methyl sites for hydroxylation is 1. The highest BCUT2D eigenvalue weighted by atomic mass is 14.2. The molecule has 0 saturated carbocycles. The molecule has 0 nitrogen and oxygen atoms in total. The molecule has 0 bridgehead atoms. The zero-order valence-corrected chi connectivity index (χ0v) is 9.51. The minimum absolute atomic E-state index is 0.0547. The van der Waals surface area contributed by atoms with Crippen LogP contribution in [0.1, 0.15) is 37.8 Å². The second kappa shape index (κ2) is 4.68. The summed E-state index contributed by atoms with van der Waals surface area (Å²) in [7, 11) is 6.23. The van der Waals surface area contributed by atoms with Gasteiger partial charge in [-0.15, -0.1) is 0 Å². The third-order valence-electron chi connectivity index (χ3n) is 2.68. The van der Waals surface area contributed by atoms with Gasteiger partial charge >= 0.3 is 0 Å². The summed E-state index contributed by atoms with van der Waals surface area (Å²) in [6.07, 6.45) is 3.22. The van der Waals surface area contributed by atoms with Crippen molar-refractivity contribution >= 4 is 7.85 Å². The molecular formula is C13H19B. The van der Waals surface area contributed by atoms with E-state index in [1.54, 1.807) is 0 Å². The summed E-state index contributed by atoms with van der Waals surface area (Å²) in [4.78, 5) is 0. The Bertz CT molecular complexity index is 289. The van der Waals surface area contributed by atoms with E-state index in [-0.39, 0.29) is 5.31 Å². The molecule has 74 valence electrons. The Balaban J connectivity index is 2.73. The van der Waals surface area contributed by atoms with Crippen LogP contribution in [0.2, 0.25) is 5.31 Å². The van der Waals surface area contributed by atoms with Crippen LogP contribution in [0.5, 0.6) is 0 Å². The molecule has 1 heteroatoms. The van der Waals surface area contributed by atoms with Gasteiger partial charge in [-0.3, -0.25) is 0 Å². The number of rotatable bonds is 4. The van der Waals surface area contributed by atoms with Gasteiger partial charge in [-0.05, 0) is 24.5 Å². The highest BCUT2D eigenvalue weighted by Crippen LogP contribution is 2.32. The van der Waals surface area contributed by atoms with Crippen molar-refractivity contribution in [1.82, 2.24) is 0 Å². The molecule has 0 N–H and O–H groups in total. The fraction of sp³-hybridized carbons (Fsp3) is 0.538. The second-order valence-electron chi connectivity index (χ2n) is 4.51. The van der Waals surface area contributed by atoms with Crippen molar-refractivity contribution < 1.29 is 0 Å². The van der Waals surface area contributed by atoms with E-state index in [0.29, 0.717) is 0 Å². The summed E-state index contributed by atoms with van der Waals surface area (Å²) in [5.41, 5.74) is 2.73. The van der Waals surface area contributed by atoms with Gasteiger partial charge in [0.25, 0.3) is 0 Å². The van der Waals surface area contributed by atoms with E-state index >= 15 is 0 Å². The van der Waals surface area contributed by atoms with Gasteiger partial charge < -0.3 is 0 Å². The van der Waals surface area contributed by atoms with Gasteiger partial charge in [0.05, 0.1) is 7.85 Å². The first-order valence-corrected chi connectivity index (χ1v) is 5.38. The molecule has 2 radical (unpaired) electrons. The smallest absolute Gasteiger partial charge is 0.0673 e. The van der Waals surface area contributed by atoms with E-state index in [4.69, 9.17) is 7.85 Å². The van der Waals surface area contributed by atoms with Crippen LogP contribution in [0.4, 0.5) is 0 Å². The molecule has 14 heavy (non-hydrogen) atoms. The van der Waals surface area contributed by atoms with Crippen LogP contribution in [0, 0.1) is 6.92 Å². The van der Waals surface area contributed by atoms with E-state index in [2.05, 4.69) is 45.0 Å². The van der Waals surface area contributed by atoms with E-state index in [1.807, 2.05) is 0 Å². The Hall–Kier alpha value is -0.715. The highest BCUT2D eigenvalue weighted by molar-refractivity contribution is 6.15. The van der Waals surface area contributed by atoms with Gasteiger partial charge in [0.2, 0.25) is 0 Å². The third kappa shape index (κ3) is 3.21. The van der Waals surface area contributed by atoms with Crippen LogP contribution in [-0.4, -0.2) is 7.85 Å². The number of hydrogen-bond acceptors (Lipinski definition) is 0. The lowest BCUT2D eigenvalue weighted by Gasteiger charge is -2.25. The monoisotopic (exact) mass is 186 g/mol. The Labute approximate surface area is 89.1 Å². The van der Waals surface area contributed by atoms with E-state index < -0.39 is 0 Å². The molecule has 0 heterocycles. The molecule has 1 atom stereocenters. The molecule has 1 aromatic rings. The van der Waals surface area contributed by atoms with Crippen LogP contribution in [0.15, 0.2) is 24.3 Å². The fourth-order valence-corrected chi connectivity index (χ4v) is 1.90. The summed E-state index contributed by atoms with van der Waals surface area (Å²) in [6, 6.07) is 8.49. The second-order valence-corrected chi connectivity index (χ2v) is 4.51. The molecule has 1 aromatic carbocycles. The average molecular weight is 186 g/mol. The lowest BCUT2D eigenvalue weighted by atomic mass is 9.64. The van der Waals surface area contributed by atoms with Crippen molar-refractivity contribution in [2.75, 3.05) is 0 Å². The SMILES string of the molecule is [B]C(C)(CCC)Cc1ccccc1C. The minimum atomic E-state index is -0.0547. The Morgan fingerprint density at radius 2 is 1.93 bits per heavy atom. The maximum atomic E-state index is 6.23. The summed E-state index contributed by atoms with van der Waals surface area (Å²) in [5, 5.41) is -0.0547. The summed E-state index contributed by atoms with van der Waals surface area (Å²) in [6.45, 7) is 6.48. The van der Waals surface area contributed by atoms with Crippen molar-refractivity contribution in [3.63, 3.8) is 0 Å². The predicted molar refractivity (Wildman–Crippen MR) is 63.9 cm³/mol. The van der Waals surface area contributed by atoms with Gasteiger partial charge in [-0.2, -0.15) is 0 Å². The van der Waals surface area contributed by atoms with Crippen molar-refractivity contribution in [3.8, 4) is 0 Å². The largest absolute Gasteiger partial charge is 0.0747 e. The summed E-state index contributed by atoms with van der Waals surface area (Å²) in [5.74, 6) is 0. The van der Waals surface area contributed by atoms with Crippen LogP contribution < -0.4 is 0 Å². The zero-order chi connectivity index (χ0) is 10.6. The molecule has 0 aromatic heterocycles. The van der Waals surface area contributed by atoms with Crippen molar-refractivity contribution in [3.05, 3.63) is 35.4 Å². The van der Waals surface area contributed by atoms with Crippen molar-refractivity contribution in [1.29, 1.82) is 0 Å². The molecule has 0 aliphatic rings. The zero-order valence-electron chi connectivity index (χ0n) is 9.51. The molecule has 0 amide bonds. The quantitative estimate of drug-likeness (QED) is 0.629. The predicted octanol–water partition coefficient (Wildman–Crippen LogP) is 3.68. The number of hydrogen-bond donors (Lipinski definition) is 0. The van der Waals surface area contributed by atoms with E-state index in [0.717, 1.165) is 19.3 Å². The molecule has 0 fully saturated rings. The summed E-state index contributed by atoms with van der Waals surface area (Å²) < 4.78 is 0. The first-order chi connectivity index (χ1) is 6.55. The van der Waals surface area contributed by atoms with Crippen LogP contribution >= 0.6 is 0 Å². The Morgan fingerprint density at radius 1 is 1.29 bits per heavy atom. The maximum Gasteiger partial charge on any atom is 0.0747 e. The minimum Gasteiger partial charge on any atom is -0.0673 e. The first-order valence-electron chi connectivity index (χ1n) is 5.38. The number of benzene rings is 1. The van der Waals surface area contributed by atoms with Gasteiger partial charge in [0.15, 0.2) is 0 Å². The van der Waals surface area contributed by atoms with E-state index in [9.17, 15) is 0 Å². The molecule has 1 rings (SSSR count).